The first-order chi connectivity index (χ1) is 14.3. The van der Waals surface area contributed by atoms with Crippen LogP contribution in [0.25, 0.3) is 0 Å². The van der Waals surface area contributed by atoms with E-state index in [1.54, 1.807) is 4.90 Å². The summed E-state index contributed by atoms with van der Waals surface area (Å²) in [6, 6.07) is 9.97. The Labute approximate surface area is 179 Å². The summed E-state index contributed by atoms with van der Waals surface area (Å²) in [5, 5.41) is 2.95. The van der Waals surface area contributed by atoms with Gasteiger partial charge in [-0.15, -0.1) is 0 Å². The second-order valence-corrected chi connectivity index (χ2v) is 8.80. The topological polar surface area (TPSA) is 73.0 Å². The van der Waals surface area contributed by atoms with Crippen molar-refractivity contribution < 1.29 is 14.4 Å². The van der Waals surface area contributed by atoms with Crippen molar-refractivity contribution in [3.05, 3.63) is 30.3 Å². The van der Waals surface area contributed by atoms with Gasteiger partial charge in [-0.3, -0.25) is 14.4 Å². The second-order valence-electron chi connectivity index (χ2n) is 8.80. The standard InChI is InChI=1S/C23H34N4O3/c1-5-18(4)24-20(28)15-26-16-27(19-9-7-6-8-10-19)23(22(26)30)11-13-25(14-12-23)21(29)17(2)3/h6-10,17-18H,5,11-16H2,1-4H3,(H,24,28). The maximum Gasteiger partial charge on any atom is 0.250 e. The van der Waals surface area contributed by atoms with E-state index in [-0.39, 0.29) is 36.2 Å². The van der Waals surface area contributed by atoms with E-state index in [1.165, 1.54) is 0 Å². The molecule has 2 fully saturated rings. The minimum Gasteiger partial charge on any atom is -0.352 e. The van der Waals surface area contributed by atoms with Crippen LogP contribution in [0, 0.1) is 5.92 Å². The average molecular weight is 415 g/mol. The molecular formula is C23H34N4O3. The Kier molecular flexibility index (Phi) is 6.68. The Bertz CT molecular complexity index is 772. The fraction of sp³-hybridized carbons (Fsp3) is 0.609. The number of anilines is 1. The molecule has 1 spiro atoms. The molecule has 0 bridgehead atoms. The Balaban J connectivity index is 1.81. The van der Waals surface area contributed by atoms with Gasteiger partial charge < -0.3 is 20.0 Å². The molecular weight excluding hydrogens is 380 g/mol. The lowest BCUT2D eigenvalue weighted by molar-refractivity contribution is -0.141. The quantitative estimate of drug-likeness (QED) is 0.775. The van der Waals surface area contributed by atoms with Crippen LogP contribution in [0.3, 0.4) is 0 Å². The highest BCUT2D eigenvalue weighted by atomic mass is 16.2. The predicted octanol–water partition coefficient (Wildman–Crippen LogP) is 2.22. The van der Waals surface area contributed by atoms with Gasteiger partial charge >= 0.3 is 0 Å². The molecule has 3 amide bonds. The molecule has 164 valence electrons. The number of carbonyl (C=O) groups is 3. The van der Waals surface area contributed by atoms with E-state index in [1.807, 2.05) is 62.9 Å². The maximum atomic E-state index is 13.6. The first-order valence-corrected chi connectivity index (χ1v) is 11.0. The number of amides is 3. The average Bonchev–Trinajstić information content (AvgIpc) is 3.00. The maximum absolute atomic E-state index is 13.6. The largest absolute Gasteiger partial charge is 0.352 e. The summed E-state index contributed by atoms with van der Waals surface area (Å²) >= 11 is 0. The van der Waals surface area contributed by atoms with Gasteiger partial charge in [0.2, 0.25) is 11.8 Å². The lowest BCUT2D eigenvalue weighted by Crippen LogP contribution is -2.58. The van der Waals surface area contributed by atoms with Crippen molar-refractivity contribution in [3.8, 4) is 0 Å². The van der Waals surface area contributed by atoms with E-state index in [4.69, 9.17) is 0 Å². The summed E-state index contributed by atoms with van der Waals surface area (Å²) in [6.45, 7) is 9.34. The molecule has 1 aromatic carbocycles. The van der Waals surface area contributed by atoms with Gasteiger partial charge in [0.05, 0.1) is 6.67 Å². The van der Waals surface area contributed by atoms with Crippen LogP contribution in [0.1, 0.15) is 47.0 Å². The summed E-state index contributed by atoms with van der Waals surface area (Å²) in [7, 11) is 0. The van der Waals surface area contributed by atoms with E-state index in [0.29, 0.717) is 32.6 Å². The van der Waals surface area contributed by atoms with Gasteiger partial charge in [-0.05, 0) is 38.3 Å². The van der Waals surface area contributed by atoms with Crippen LogP contribution >= 0.6 is 0 Å². The van der Waals surface area contributed by atoms with Crippen molar-refractivity contribution in [2.24, 2.45) is 5.92 Å². The number of nitrogens with zero attached hydrogens (tertiary/aromatic N) is 3. The van der Waals surface area contributed by atoms with Crippen molar-refractivity contribution in [3.63, 3.8) is 0 Å². The van der Waals surface area contributed by atoms with Crippen LogP contribution in [-0.4, -0.2) is 65.4 Å². The zero-order chi connectivity index (χ0) is 21.9. The number of likely N-dealkylation sites (tertiary alicyclic amines) is 1. The van der Waals surface area contributed by atoms with Crippen LogP contribution in [-0.2, 0) is 14.4 Å². The first kappa shape index (κ1) is 22.1. The van der Waals surface area contributed by atoms with Crippen LogP contribution in [0.5, 0.6) is 0 Å². The Hall–Kier alpha value is -2.57. The minimum absolute atomic E-state index is 0.0118. The highest BCUT2D eigenvalue weighted by molar-refractivity contribution is 5.96. The van der Waals surface area contributed by atoms with Crippen molar-refractivity contribution in [2.45, 2.75) is 58.5 Å². The molecule has 1 atom stereocenters. The third-order valence-corrected chi connectivity index (χ3v) is 6.33. The van der Waals surface area contributed by atoms with E-state index in [9.17, 15) is 14.4 Å². The van der Waals surface area contributed by atoms with Gasteiger partial charge in [0.25, 0.3) is 5.91 Å². The number of nitrogens with one attached hydrogen (secondary N) is 1. The Morgan fingerprint density at radius 2 is 1.73 bits per heavy atom. The van der Waals surface area contributed by atoms with Gasteiger partial charge in [-0.2, -0.15) is 0 Å². The van der Waals surface area contributed by atoms with Gasteiger partial charge in [-0.25, -0.2) is 0 Å². The molecule has 0 radical (unpaired) electrons. The number of rotatable bonds is 6. The number of piperidine rings is 1. The molecule has 2 heterocycles. The van der Waals surface area contributed by atoms with E-state index >= 15 is 0 Å². The summed E-state index contributed by atoms with van der Waals surface area (Å²) in [5.41, 5.74) is 0.269. The van der Waals surface area contributed by atoms with Gasteiger partial charge in [0, 0.05) is 30.7 Å². The molecule has 7 heteroatoms. The molecule has 1 aromatic rings. The zero-order valence-electron chi connectivity index (χ0n) is 18.6. The highest BCUT2D eigenvalue weighted by Crippen LogP contribution is 2.39. The molecule has 0 aliphatic carbocycles. The van der Waals surface area contributed by atoms with Gasteiger partial charge in [0.1, 0.15) is 12.1 Å². The first-order valence-electron chi connectivity index (χ1n) is 11.0. The lowest BCUT2D eigenvalue weighted by Gasteiger charge is -2.43. The van der Waals surface area contributed by atoms with Crippen LogP contribution < -0.4 is 10.2 Å². The monoisotopic (exact) mass is 414 g/mol. The van der Waals surface area contributed by atoms with Crippen molar-refractivity contribution >= 4 is 23.4 Å². The Morgan fingerprint density at radius 3 is 2.30 bits per heavy atom. The fourth-order valence-corrected chi connectivity index (χ4v) is 4.38. The summed E-state index contributed by atoms with van der Waals surface area (Å²) in [4.78, 5) is 44.1. The fourth-order valence-electron chi connectivity index (χ4n) is 4.38. The van der Waals surface area contributed by atoms with Crippen molar-refractivity contribution in [1.29, 1.82) is 0 Å². The van der Waals surface area contributed by atoms with Gasteiger partial charge in [0.15, 0.2) is 0 Å². The molecule has 7 nitrogen and oxygen atoms in total. The van der Waals surface area contributed by atoms with Crippen molar-refractivity contribution in [2.75, 3.05) is 31.2 Å². The van der Waals surface area contributed by atoms with Gasteiger partial charge in [-0.1, -0.05) is 39.0 Å². The molecule has 2 aliphatic rings. The zero-order valence-corrected chi connectivity index (χ0v) is 18.6. The molecule has 0 saturated carbocycles. The highest BCUT2D eigenvalue weighted by Gasteiger charge is 2.54. The number of para-hydroxylation sites is 1. The molecule has 30 heavy (non-hydrogen) atoms. The number of hydrogen-bond donors (Lipinski definition) is 1. The van der Waals surface area contributed by atoms with Crippen LogP contribution in [0.2, 0.25) is 0 Å². The molecule has 2 aliphatic heterocycles. The number of hydrogen-bond acceptors (Lipinski definition) is 4. The SMILES string of the molecule is CCC(C)NC(=O)CN1CN(c2ccccc2)C2(CCN(C(=O)C(C)C)CC2)C1=O. The summed E-state index contributed by atoms with van der Waals surface area (Å²) in [6.07, 6.45) is 1.99. The molecule has 0 aromatic heterocycles. The summed E-state index contributed by atoms with van der Waals surface area (Å²) < 4.78 is 0. The third-order valence-electron chi connectivity index (χ3n) is 6.33. The normalized spacial score (nSPS) is 19.5. The lowest BCUT2D eigenvalue weighted by atomic mass is 9.85. The number of carbonyl (C=O) groups excluding carboxylic acids is 3. The smallest absolute Gasteiger partial charge is 0.250 e. The molecule has 2 saturated heterocycles. The molecule has 1 N–H and O–H groups in total. The molecule has 1 unspecified atom stereocenters. The minimum atomic E-state index is -0.703. The third kappa shape index (κ3) is 4.30. The summed E-state index contributed by atoms with van der Waals surface area (Å²) in [5.74, 6) is -0.0619. The van der Waals surface area contributed by atoms with E-state index < -0.39 is 5.54 Å². The number of benzene rings is 1. The van der Waals surface area contributed by atoms with Crippen LogP contribution in [0.15, 0.2) is 30.3 Å². The van der Waals surface area contributed by atoms with Crippen LogP contribution in [0.4, 0.5) is 5.69 Å². The Morgan fingerprint density at radius 1 is 1.10 bits per heavy atom. The van der Waals surface area contributed by atoms with E-state index in [0.717, 1.165) is 12.1 Å². The predicted molar refractivity (Wildman–Crippen MR) is 117 cm³/mol. The van der Waals surface area contributed by atoms with Crippen molar-refractivity contribution in [1.82, 2.24) is 15.1 Å². The second kappa shape index (κ2) is 9.06. The molecule has 3 rings (SSSR count). The van der Waals surface area contributed by atoms with E-state index in [2.05, 4.69) is 10.2 Å².